The van der Waals surface area contributed by atoms with Gasteiger partial charge in [-0.15, -0.1) is 0 Å². The molecule has 0 amide bonds. The number of benzene rings is 4. The number of phosphoric acid groups is 1. The standard InChI is InChI=1S/C48H51N2O17P/c1-32(51)63-45-44(67-68(55,62-29-28-60-27-26-59-25-24-56-2)66-39-16-10-33-11-21-43(53)64-40(33)30-39)41(65-46(45)50-23-22-42(52)49-47(50)54)31-61-48(34-8-6-5-7-9-34,35-12-17-37(57-3)18-13-35)36-14-19-38(58-4)20-15-36/h5-23,30,41,44-46H,24-29,31H2,1-4H3,(H,49,52,54)/t41-,44?,45?,46-,68?/m1/s1. The van der Waals surface area contributed by atoms with Crippen LogP contribution in [0.25, 0.3) is 11.0 Å². The van der Waals surface area contributed by atoms with Crippen LogP contribution in [0.5, 0.6) is 17.2 Å². The summed E-state index contributed by atoms with van der Waals surface area (Å²) in [6.07, 6.45) is -4.84. The van der Waals surface area contributed by atoms with Gasteiger partial charge in [0.25, 0.3) is 5.56 Å². The van der Waals surface area contributed by atoms with Gasteiger partial charge in [-0.3, -0.25) is 28.2 Å². The lowest BCUT2D eigenvalue weighted by atomic mass is 9.80. The smallest absolute Gasteiger partial charge is 0.497 e. The normalized spacial score (nSPS) is 17.9. The van der Waals surface area contributed by atoms with Crippen LogP contribution >= 0.6 is 7.82 Å². The highest BCUT2D eigenvalue weighted by Crippen LogP contribution is 2.54. The second kappa shape index (κ2) is 23.1. The molecule has 3 heterocycles. The van der Waals surface area contributed by atoms with E-state index < -0.39 is 67.4 Å². The Morgan fingerprint density at radius 3 is 1.94 bits per heavy atom. The molecule has 360 valence electrons. The van der Waals surface area contributed by atoms with Crippen LogP contribution < -0.4 is 30.9 Å². The fourth-order valence-electron chi connectivity index (χ4n) is 7.55. The van der Waals surface area contributed by atoms with Crippen molar-refractivity contribution in [3.8, 4) is 17.2 Å². The number of ether oxygens (including phenoxy) is 8. The Kier molecular flexibility index (Phi) is 16.8. The molecule has 3 unspecified atom stereocenters. The molecule has 0 aliphatic carbocycles. The molecule has 0 spiro atoms. The van der Waals surface area contributed by atoms with Gasteiger partial charge < -0.3 is 46.8 Å². The van der Waals surface area contributed by atoms with E-state index in [9.17, 15) is 19.2 Å². The largest absolute Gasteiger partial charge is 0.530 e. The lowest BCUT2D eigenvalue weighted by molar-refractivity contribution is -0.155. The van der Waals surface area contributed by atoms with Crippen molar-refractivity contribution in [2.45, 2.75) is 37.1 Å². The molecule has 1 aliphatic heterocycles. The molecule has 68 heavy (non-hydrogen) atoms. The van der Waals surface area contributed by atoms with Gasteiger partial charge in [0.2, 0.25) is 0 Å². The summed E-state index contributed by atoms with van der Waals surface area (Å²) in [4.78, 5) is 53.0. The topological polar surface area (TPSA) is 221 Å². The number of rotatable bonds is 24. The minimum atomic E-state index is -4.91. The van der Waals surface area contributed by atoms with Crippen molar-refractivity contribution >= 4 is 24.8 Å². The van der Waals surface area contributed by atoms with E-state index in [0.717, 1.165) is 23.8 Å². The zero-order valence-corrected chi connectivity index (χ0v) is 38.5. The van der Waals surface area contributed by atoms with Crippen molar-refractivity contribution < 1.29 is 65.2 Å². The number of hydrogen-bond donors (Lipinski definition) is 1. The summed E-state index contributed by atoms with van der Waals surface area (Å²) in [7, 11) is -0.246. The summed E-state index contributed by atoms with van der Waals surface area (Å²) in [5.74, 6) is 0.255. The highest BCUT2D eigenvalue weighted by Gasteiger charge is 2.54. The molecule has 1 N–H and O–H groups in total. The monoisotopic (exact) mass is 958 g/mol. The molecular formula is C48H51N2O17P. The number of fused-ring (bicyclic) bond motifs is 1. The first-order chi connectivity index (χ1) is 32.9. The van der Waals surface area contributed by atoms with Crippen LogP contribution in [0.2, 0.25) is 0 Å². The Morgan fingerprint density at radius 1 is 0.721 bits per heavy atom. The second-order valence-electron chi connectivity index (χ2n) is 15.1. The van der Waals surface area contributed by atoms with Gasteiger partial charge >= 0.3 is 25.1 Å². The highest BCUT2D eigenvalue weighted by molar-refractivity contribution is 7.49. The van der Waals surface area contributed by atoms with Crippen molar-refractivity contribution in [3.05, 3.63) is 169 Å². The van der Waals surface area contributed by atoms with Crippen molar-refractivity contribution in [2.24, 2.45) is 0 Å². The average molecular weight is 959 g/mol. The number of aromatic amines is 1. The maximum atomic E-state index is 15.2. The molecule has 4 aromatic carbocycles. The zero-order chi connectivity index (χ0) is 48.1. The Balaban J connectivity index is 1.31. The molecule has 2 aromatic heterocycles. The van der Waals surface area contributed by atoms with Crippen molar-refractivity contribution in [3.63, 3.8) is 0 Å². The van der Waals surface area contributed by atoms with E-state index in [1.54, 1.807) is 57.7 Å². The fraction of sp³-hybridized carbons (Fsp3) is 0.333. The quantitative estimate of drug-likeness (QED) is 0.0250. The van der Waals surface area contributed by atoms with Gasteiger partial charge in [0, 0.05) is 43.8 Å². The molecule has 0 saturated carbocycles. The number of carbonyl (C=O) groups is 1. The number of nitrogens with zero attached hydrogens (tertiary/aromatic N) is 1. The summed E-state index contributed by atoms with van der Waals surface area (Å²) in [5, 5.41) is 0.538. The molecule has 0 bridgehead atoms. The predicted molar refractivity (Wildman–Crippen MR) is 244 cm³/mol. The Bertz CT molecular complexity index is 2770. The third kappa shape index (κ3) is 12.0. The van der Waals surface area contributed by atoms with E-state index in [0.29, 0.717) is 46.8 Å². The molecule has 0 radical (unpaired) electrons. The molecule has 20 heteroatoms. The van der Waals surface area contributed by atoms with Crippen molar-refractivity contribution in [1.82, 2.24) is 9.55 Å². The number of H-pyrrole nitrogens is 1. The fourth-order valence-corrected chi connectivity index (χ4v) is 8.93. The van der Waals surface area contributed by atoms with Crippen LogP contribution in [0.1, 0.15) is 29.8 Å². The molecular weight excluding hydrogens is 907 g/mol. The summed E-state index contributed by atoms with van der Waals surface area (Å²) >= 11 is 0. The van der Waals surface area contributed by atoms with E-state index in [1.165, 1.54) is 18.2 Å². The number of carbonyl (C=O) groups excluding carboxylic acids is 1. The maximum absolute atomic E-state index is 15.2. The molecule has 1 saturated heterocycles. The van der Waals surface area contributed by atoms with E-state index >= 15 is 4.57 Å². The Morgan fingerprint density at radius 2 is 1.32 bits per heavy atom. The first-order valence-electron chi connectivity index (χ1n) is 21.4. The van der Waals surface area contributed by atoms with Crippen LogP contribution in [0, 0.1) is 0 Å². The molecule has 1 fully saturated rings. The van der Waals surface area contributed by atoms with Crippen molar-refractivity contribution in [2.75, 3.05) is 67.6 Å². The number of hydrogen-bond acceptors (Lipinski definition) is 17. The molecule has 19 nitrogen and oxygen atoms in total. The van der Waals surface area contributed by atoms with E-state index in [2.05, 4.69) is 4.98 Å². The van der Waals surface area contributed by atoms with Gasteiger partial charge in [-0.1, -0.05) is 54.6 Å². The average Bonchev–Trinajstić information content (AvgIpc) is 3.65. The van der Waals surface area contributed by atoms with E-state index in [4.69, 9.17) is 55.9 Å². The van der Waals surface area contributed by atoms with Crippen LogP contribution in [0.4, 0.5) is 0 Å². The van der Waals surface area contributed by atoms with Gasteiger partial charge in [-0.25, -0.2) is 14.2 Å². The highest BCUT2D eigenvalue weighted by atomic mass is 31.2. The summed E-state index contributed by atoms with van der Waals surface area (Å²) in [6.45, 7) is 1.44. The number of esters is 1. The van der Waals surface area contributed by atoms with E-state index in [-0.39, 0.29) is 37.8 Å². The van der Waals surface area contributed by atoms with Crippen LogP contribution in [0.15, 0.2) is 140 Å². The van der Waals surface area contributed by atoms with Gasteiger partial charge in [0.05, 0.1) is 60.5 Å². The first-order valence-corrected chi connectivity index (χ1v) is 22.8. The third-order valence-electron chi connectivity index (χ3n) is 10.7. The summed E-state index contributed by atoms with van der Waals surface area (Å²) < 4.78 is 86.7. The maximum Gasteiger partial charge on any atom is 0.530 e. The predicted octanol–water partition coefficient (Wildman–Crippen LogP) is 5.77. The van der Waals surface area contributed by atoms with Crippen LogP contribution in [0.3, 0.4) is 0 Å². The minimum Gasteiger partial charge on any atom is -0.497 e. The van der Waals surface area contributed by atoms with Crippen LogP contribution in [-0.4, -0.2) is 101 Å². The third-order valence-corrected chi connectivity index (χ3v) is 12.1. The lowest BCUT2D eigenvalue weighted by Crippen LogP contribution is -2.43. The molecule has 5 atom stereocenters. The SMILES string of the molecule is COCCOCCOCCOP(=O)(Oc1ccc2ccc(=O)oc2c1)OC1C(OC(C)=O)[C@H](n2ccc(=O)[nH]c2=O)O[C@@H]1COC(c1ccccc1)(c1ccc(OC)cc1)c1ccc(OC)cc1. The van der Waals surface area contributed by atoms with Crippen molar-refractivity contribution in [1.29, 1.82) is 0 Å². The molecule has 6 aromatic rings. The van der Waals surface area contributed by atoms with E-state index in [1.807, 2.05) is 54.6 Å². The zero-order valence-electron chi connectivity index (χ0n) is 37.6. The summed E-state index contributed by atoms with van der Waals surface area (Å²) in [6, 6.07) is 32.1. The Labute approximate surface area is 389 Å². The first kappa shape index (κ1) is 49.5. The van der Waals surface area contributed by atoms with Gasteiger partial charge in [0.15, 0.2) is 12.3 Å². The number of phosphoric ester groups is 1. The second-order valence-corrected chi connectivity index (χ2v) is 16.6. The van der Waals surface area contributed by atoms with Crippen LogP contribution in [-0.2, 0) is 52.4 Å². The van der Waals surface area contributed by atoms with Gasteiger partial charge in [0.1, 0.15) is 40.6 Å². The minimum absolute atomic E-state index is 0.0890. The van der Waals surface area contributed by atoms with Gasteiger partial charge in [-0.2, -0.15) is 0 Å². The lowest BCUT2D eigenvalue weighted by Gasteiger charge is -2.37. The summed E-state index contributed by atoms with van der Waals surface area (Å²) in [5.41, 5.74) is -1.57. The molecule has 7 rings (SSSR count). The molecule has 1 aliphatic rings. The van der Waals surface area contributed by atoms with Gasteiger partial charge in [-0.05, 0) is 59.2 Å². The number of nitrogens with one attached hydrogen (secondary N) is 1. The number of methoxy groups -OCH3 is 3. The number of aromatic nitrogens is 2. The Hall–Kier alpha value is -6.41.